The number of amides is 1. The third-order valence-corrected chi connectivity index (χ3v) is 3.21. The fourth-order valence-electron chi connectivity index (χ4n) is 1.55. The first-order valence-electron chi connectivity index (χ1n) is 5.47. The molecule has 1 heterocycles. The van der Waals surface area contributed by atoms with Crippen molar-refractivity contribution in [2.45, 2.75) is 17.6 Å². The minimum Gasteiger partial charge on any atom is -0.459 e. The van der Waals surface area contributed by atoms with Crippen molar-refractivity contribution < 1.29 is 18.0 Å². The van der Waals surface area contributed by atoms with Crippen molar-refractivity contribution in [3.8, 4) is 0 Å². The molecule has 1 aromatic heterocycles. The van der Waals surface area contributed by atoms with Gasteiger partial charge in [-0.15, -0.1) is 0 Å². The van der Waals surface area contributed by atoms with Crippen LogP contribution in [0.25, 0.3) is 0 Å². The number of carbonyl (C=O) groups is 1. The number of rotatable bonds is 4. The van der Waals surface area contributed by atoms with Gasteiger partial charge in [0.25, 0.3) is 11.7 Å². The van der Waals surface area contributed by atoms with Gasteiger partial charge in [0, 0.05) is 10.5 Å². The molecule has 6 heteroatoms. The van der Waals surface area contributed by atoms with Crippen LogP contribution < -0.4 is 5.32 Å². The summed E-state index contributed by atoms with van der Waals surface area (Å²) in [6, 6.07) is 8.07. The Balaban J connectivity index is 2.19. The number of furan rings is 1. The van der Waals surface area contributed by atoms with E-state index in [-0.39, 0.29) is 5.76 Å². The van der Waals surface area contributed by atoms with Gasteiger partial charge < -0.3 is 9.73 Å². The Bertz CT molecular complexity index is 584. The van der Waals surface area contributed by atoms with E-state index in [1.54, 1.807) is 31.2 Å². The second kappa shape index (κ2) is 5.88. The SMILES string of the molecule is Cc1ccoc1C(=O)Nc1ccccc1SC(F)F. The number of aryl methyl sites for hydroxylation is 1. The predicted octanol–water partition coefficient (Wildman–Crippen LogP) is 4.16. The normalized spacial score (nSPS) is 10.7. The summed E-state index contributed by atoms with van der Waals surface area (Å²) in [5.74, 6) is -2.81. The summed E-state index contributed by atoms with van der Waals surface area (Å²) in [6.45, 7) is 1.73. The molecule has 0 atom stereocenters. The van der Waals surface area contributed by atoms with Crippen molar-refractivity contribution in [2.24, 2.45) is 0 Å². The third-order valence-electron chi connectivity index (χ3n) is 2.42. The lowest BCUT2D eigenvalue weighted by molar-refractivity contribution is 0.0995. The Labute approximate surface area is 113 Å². The van der Waals surface area contributed by atoms with Gasteiger partial charge in [-0.25, -0.2) is 0 Å². The largest absolute Gasteiger partial charge is 0.459 e. The molecule has 1 amide bonds. The maximum atomic E-state index is 12.4. The molecule has 0 aliphatic carbocycles. The summed E-state index contributed by atoms with van der Waals surface area (Å²) in [5, 5.41) is 2.57. The molecule has 0 radical (unpaired) electrons. The molecule has 0 unspecified atom stereocenters. The molecule has 0 aliphatic heterocycles. The van der Waals surface area contributed by atoms with Crippen molar-refractivity contribution >= 4 is 23.4 Å². The zero-order valence-corrected chi connectivity index (χ0v) is 10.8. The number of hydrogen-bond donors (Lipinski definition) is 1. The zero-order valence-electron chi connectivity index (χ0n) is 10.0. The van der Waals surface area contributed by atoms with Crippen molar-refractivity contribution in [1.82, 2.24) is 0 Å². The van der Waals surface area contributed by atoms with E-state index in [0.717, 1.165) is 0 Å². The Morgan fingerprint density at radius 2 is 2.05 bits per heavy atom. The average molecular weight is 283 g/mol. The van der Waals surface area contributed by atoms with Crippen LogP contribution in [0.3, 0.4) is 0 Å². The van der Waals surface area contributed by atoms with Crippen LogP contribution >= 0.6 is 11.8 Å². The molecule has 0 bridgehead atoms. The zero-order chi connectivity index (χ0) is 13.8. The van der Waals surface area contributed by atoms with E-state index in [9.17, 15) is 13.6 Å². The van der Waals surface area contributed by atoms with E-state index in [1.165, 1.54) is 12.3 Å². The number of hydrogen-bond acceptors (Lipinski definition) is 3. The second-order valence-electron chi connectivity index (χ2n) is 3.76. The van der Waals surface area contributed by atoms with Gasteiger partial charge in [-0.05, 0) is 25.1 Å². The van der Waals surface area contributed by atoms with E-state index < -0.39 is 11.7 Å². The highest BCUT2D eigenvalue weighted by molar-refractivity contribution is 7.99. The summed E-state index contributed by atoms with van der Waals surface area (Å²) in [7, 11) is 0. The minimum atomic E-state index is -2.54. The summed E-state index contributed by atoms with van der Waals surface area (Å²) < 4.78 is 29.9. The van der Waals surface area contributed by atoms with Gasteiger partial charge in [-0.2, -0.15) is 8.78 Å². The third kappa shape index (κ3) is 3.35. The summed E-state index contributed by atoms with van der Waals surface area (Å²) in [5.41, 5.74) is 1.03. The molecule has 2 rings (SSSR count). The smallest absolute Gasteiger partial charge is 0.291 e. The number of thioether (sulfide) groups is 1. The number of benzene rings is 1. The standard InChI is InChI=1S/C13H11F2NO2S/c1-8-6-7-18-11(8)12(17)16-9-4-2-3-5-10(9)19-13(14)15/h2-7,13H,1H3,(H,16,17). The van der Waals surface area contributed by atoms with Gasteiger partial charge in [-0.1, -0.05) is 23.9 Å². The lowest BCUT2D eigenvalue weighted by atomic mass is 10.2. The van der Waals surface area contributed by atoms with Crippen LogP contribution in [-0.4, -0.2) is 11.7 Å². The summed E-state index contributed by atoms with van der Waals surface area (Å²) >= 11 is 0.390. The van der Waals surface area contributed by atoms with Gasteiger partial charge in [0.05, 0.1) is 12.0 Å². The maximum absolute atomic E-state index is 12.4. The maximum Gasteiger partial charge on any atom is 0.291 e. The molecular formula is C13H11F2NO2S. The predicted molar refractivity (Wildman–Crippen MR) is 69.7 cm³/mol. The molecule has 0 saturated heterocycles. The van der Waals surface area contributed by atoms with E-state index in [0.29, 0.717) is 27.9 Å². The van der Waals surface area contributed by atoms with Crippen LogP contribution in [0, 0.1) is 6.92 Å². The Morgan fingerprint density at radius 3 is 2.68 bits per heavy atom. The molecule has 19 heavy (non-hydrogen) atoms. The van der Waals surface area contributed by atoms with Gasteiger partial charge in [-0.3, -0.25) is 4.79 Å². The van der Waals surface area contributed by atoms with Crippen LogP contribution in [0.5, 0.6) is 0 Å². The number of para-hydroxylation sites is 1. The lowest BCUT2D eigenvalue weighted by Crippen LogP contribution is -2.12. The quantitative estimate of drug-likeness (QED) is 0.857. The van der Waals surface area contributed by atoms with Crippen LogP contribution in [0.15, 0.2) is 45.9 Å². The fourth-order valence-corrected chi connectivity index (χ4v) is 2.15. The van der Waals surface area contributed by atoms with E-state index in [1.807, 2.05) is 0 Å². The van der Waals surface area contributed by atoms with Crippen molar-refractivity contribution in [3.63, 3.8) is 0 Å². The van der Waals surface area contributed by atoms with E-state index in [4.69, 9.17) is 4.42 Å². The molecule has 1 N–H and O–H groups in total. The number of carbonyl (C=O) groups excluding carboxylic acids is 1. The van der Waals surface area contributed by atoms with Gasteiger partial charge in [0.2, 0.25) is 0 Å². The molecule has 0 spiro atoms. The Hall–Kier alpha value is -1.82. The van der Waals surface area contributed by atoms with Crippen LogP contribution in [-0.2, 0) is 0 Å². The molecule has 0 saturated carbocycles. The molecular weight excluding hydrogens is 272 g/mol. The van der Waals surface area contributed by atoms with Crippen LogP contribution in [0.2, 0.25) is 0 Å². The highest BCUT2D eigenvalue weighted by Crippen LogP contribution is 2.31. The van der Waals surface area contributed by atoms with E-state index in [2.05, 4.69) is 5.32 Å². The van der Waals surface area contributed by atoms with Gasteiger partial charge in [0.15, 0.2) is 5.76 Å². The van der Waals surface area contributed by atoms with Crippen LogP contribution in [0.1, 0.15) is 16.1 Å². The summed E-state index contributed by atoms with van der Waals surface area (Å²) in [6.07, 6.45) is 1.41. The Kier molecular flexibility index (Phi) is 4.21. The lowest BCUT2D eigenvalue weighted by Gasteiger charge is -2.09. The van der Waals surface area contributed by atoms with Crippen LogP contribution in [0.4, 0.5) is 14.5 Å². The second-order valence-corrected chi connectivity index (χ2v) is 4.79. The first kappa shape index (κ1) is 13.6. The van der Waals surface area contributed by atoms with Gasteiger partial charge in [0.1, 0.15) is 0 Å². The first-order chi connectivity index (χ1) is 9.08. The van der Waals surface area contributed by atoms with Crippen molar-refractivity contribution in [1.29, 1.82) is 0 Å². The number of nitrogens with one attached hydrogen (secondary N) is 1. The van der Waals surface area contributed by atoms with Gasteiger partial charge >= 0.3 is 0 Å². The molecule has 0 fully saturated rings. The monoisotopic (exact) mass is 283 g/mol. The first-order valence-corrected chi connectivity index (χ1v) is 6.35. The summed E-state index contributed by atoms with van der Waals surface area (Å²) in [4.78, 5) is 12.2. The molecule has 3 nitrogen and oxygen atoms in total. The molecule has 0 aliphatic rings. The minimum absolute atomic E-state index is 0.178. The van der Waals surface area contributed by atoms with Crippen molar-refractivity contribution in [3.05, 3.63) is 47.9 Å². The molecule has 100 valence electrons. The highest BCUT2D eigenvalue weighted by Gasteiger charge is 2.16. The number of anilines is 1. The topological polar surface area (TPSA) is 42.2 Å². The van der Waals surface area contributed by atoms with E-state index >= 15 is 0 Å². The molecule has 1 aromatic carbocycles. The fraction of sp³-hybridized carbons (Fsp3) is 0.154. The van der Waals surface area contributed by atoms with Crippen molar-refractivity contribution in [2.75, 3.05) is 5.32 Å². The number of halogens is 2. The number of alkyl halides is 2. The highest BCUT2D eigenvalue weighted by atomic mass is 32.2. The molecule has 2 aromatic rings. The Morgan fingerprint density at radius 1 is 1.32 bits per heavy atom. The average Bonchev–Trinajstić information content (AvgIpc) is 2.77.